The Balaban J connectivity index is 2.18. The normalized spacial score (nSPS) is 13.6. The lowest BCUT2D eigenvalue weighted by Gasteiger charge is -2.18. The van der Waals surface area contributed by atoms with Gasteiger partial charge in [0, 0.05) is 18.0 Å². The number of fused-ring (bicyclic) bond motifs is 1. The number of aliphatic hydroxyl groups is 1. The number of aromatic nitrogens is 1. The average molecular weight is 316 g/mol. The van der Waals surface area contributed by atoms with Crippen LogP contribution in [0.2, 0.25) is 0 Å². The van der Waals surface area contributed by atoms with Crippen LogP contribution in [0.4, 0.5) is 0 Å². The van der Waals surface area contributed by atoms with Gasteiger partial charge in [0.25, 0.3) is 5.91 Å². The maximum atomic E-state index is 12.4. The van der Waals surface area contributed by atoms with Gasteiger partial charge in [0.05, 0.1) is 30.0 Å². The van der Waals surface area contributed by atoms with Crippen LogP contribution in [-0.4, -0.2) is 35.8 Å². The number of nitrogens with one attached hydrogen (secondary N) is 1. The largest absolute Gasteiger partial charge is 0.497 e. The molecule has 0 radical (unpaired) electrons. The number of rotatable bonds is 6. The van der Waals surface area contributed by atoms with Crippen LogP contribution >= 0.6 is 0 Å². The van der Waals surface area contributed by atoms with E-state index in [0.717, 1.165) is 23.1 Å². The number of hydrogen-bond acceptors (Lipinski definition) is 4. The highest BCUT2D eigenvalue weighted by Gasteiger charge is 2.16. The summed E-state index contributed by atoms with van der Waals surface area (Å²) in [6, 6.07) is 7.39. The summed E-state index contributed by atoms with van der Waals surface area (Å²) in [5.41, 5.74) is 1.97. The van der Waals surface area contributed by atoms with Crippen molar-refractivity contribution in [2.45, 2.75) is 33.3 Å². The highest BCUT2D eigenvalue weighted by Crippen LogP contribution is 2.21. The SMILES string of the molecule is CCC(C)C(O)CNC(=O)c1cc2ccc(OC)cc2nc1C. The van der Waals surface area contributed by atoms with Gasteiger partial charge in [-0.05, 0) is 31.0 Å². The number of aryl methyl sites for hydroxylation is 1. The number of methoxy groups -OCH3 is 1. The van der Waals surface area contributed by atoms with E-state index in [1.54, 1.807) is 14.0 Å². The first-order chi connectivity index (χ1) is 11.0. The third kappa shape index (κ3) is 3.99. The molecule has 0 bridgehead atoms. The maximum Gasteiger partial charge on any atom is 0.253 e. The zero-order chi connectivity index (χ0) is 17.0. The quantitative estimate of drug-likeness (QED) is 0.859. The van der Waals surface area contributed by atoms with E-state index in [4.69, 9.17) is 4.74 Å². The summed E-state index contributed by atoms with van der Waals surface area (Å²) in [6.45, 7) is 6.03. The molecule has 2 aromatic rings. The average Bonchev–Trinajstić information content (AvgIpc) is 2.57. The van der Waals surface area contributed by atoms with Crippen molar-refractivity contribution in [3.05, 3.63) is 35.5 Å². The minimum atomic E-state index is -0.540. The molecule has 1 aromatic carbocycles. The number of pyridine rings is 1. The molecular weight excluding hydrogens is 292 g/mol. The van der Waals surface area contributed by atoms with Crippen LogP contribution in [0.3, 0.4) is 0 Å². The van der Waals surface area contributed by atoms with Gasteiger partial charge in [-0.1, -0.05) is 20.3 Å². The number of ether oxygens (including phenoxy) is 1. The zero-order valence-electron chi connectivity index (χ0n) is 14.1. The van der Waals surface area contributed by atoms with E-state index < -0.39 is 6.10 Å². The summed E-state index contributed by atoms with van der Waals surface area (Å²) < 4.78 is 5.19. The fourth-order valence-corrected chi connectivity index (χ4v) is 2.37. The van der Waals surface area contributed by atoms with Gasteiger partial charge >= 0.3 is 0 Å². The number of carbonyl (C=O) groups excluding carboxylic acids is 1. The summed E-state index contributed by atoms with van der Waals surface area (Å²) >= 11 is 0. The molecule has 0 aliphatic rings. The molecule has 0 aliphatic carbocycles. The van der Waals surface area contributed by atoms with Crippen LogP contribution in [0.1, 0.15) is 36.3 Å². The van der Waals surface area contributed by atoms with Gasteiger partial charge in [0.2, 0.25) is 0 Å². The van der Waals surface area contributed by atoms with Gasteiger partial charge < -0.3 is 15.2 Å². The minimum Gasteiger partial charge on any atom is -0.497 e. The lowest BCUT2D eigenvalue weighted by Crippen LogP contribution is -2.35. The molecule has 0 spiro atoms. The number of amides is 1. The molecule has 2 atom stereocenters. The Morgan fingerprint density at radius 2 is 2.13 bits per heavy atom. The van der Waals surface area contributed by atoms with Crippen LogP contribution in [0.5, 0.6) is 5.75 Å². The molecule has 1 amide bonds. The van der Waals surface area contributed by atoms with Crippen LogP contribution in [-0.2, 0) is 0 Å². The molecule has 2 rings (SSSR count). The molecule has 1 heterocycles. The highest BCUT2D eigenvalue weighted by atomic mass is 16.5. The lowest BCUT2D eigenvalue weighted by atomic mass is 10.0. The van der Waals surface area contributed by atoms with Crippen LogP contribution < -0.4 is 10.1 Å². The molecule has 23 heavy (non-hydrogen) atoms. The number of nitrogens with zero attached hydrogens (tertiary/aromatic N) is 1. The summed E-state index contributed by atoms with van der Waals surface area (Å²) in [5, 5.41) is 13.6. The molecule has 5 heteroatoms. The second-order valence-corrected chi connectivity index (χ2v) is 5.84. The van der Waals surface area contributed by atoms with Gasteiger partial charge in [-0.3, -0.25) is 9.78 Å². The van der Waals surface area contributed by atoms with Crippen LogP contribution in [0.25, 0.3) is 10.9 Å². The minimum absolute atomic E-state index is 0.151. The van der Waals surface area contributed by atoms with Gasteiger partial charge in [0.1, 0.15) is 5.75 Å². The fourth-order valence-electron chi connectivity index (χ4n) is 2.37. The Labute approximate surface area is 136 Å². The topological polar surface area (TPSA) is 71.5 Å². The number of benzene rings is 1. The van der Waals surface area contributed by atoms with E-state index in [0.29, 0.717) is 11.3 Å². The maximum absolute atomic E-state index is 12.4. The fraction of sp³-hybridized carbons (Fsp3) is 0.444. The molecule has 0 aliphatic heterocycles. The van der Waals surface area contributed by atoms with Gasteiger partial charge in [-0.2, -0.15) is 0 Å². The number of aliphatic hydroxyl groups excluding tert-OH is 1. The summed E-state index contributed by atoms with van der Waals surface area (Å²) in [6.07, 6.45) is 0.331. The molecule has 5 nitrogen and oxygen atoms in total. The summed E-state index contributed by atoms with van der Waals surface area (Å²) in [4.78, 5) is 16.8. The van der Waals surface area contributed by atoms with Crippen LogP contribution in [0, 0.1) is 12.8 Å². The van der Waals surface area contributed by atoms with Crippen LogP contribution in [0.15, 0.2) is 24.3 Å². The first-order valence-corrected chi connectivity index (χ1v) is 7.88. The van der Waals surface area contributed by atoms with E-state index in [9.17, 15) is 9.90 Å². The second kappa shape index (κ2) is 7.42. The molecule has 0 saturated carbocycles. The Morgan fingerprint density at radius 3 is 2.78 bits per heavy atom. The van der Waals surface area contributed by atoms with Gasteiger partial charge in [0.15, 0.2) is 0 Å². The predicted molar refractivity (Wildman–Crippen MR) is 90.8 cm³/mol. The molecule has 124 valence electrons. The molecule has 2 unspecified atom stereocenters. The zero-order valence-corrected chi connectivity index (χ0v) is 14.1. The lowest BCUT2D eigenvalue weighted by molar-refractivity contribution is 0.0849. The monoisotopic (exact) mass is 316 g/mol. The Kier molecular flexibility index (Phi) is 5.55. The van der Waals surface area contributed by atoms with E-state index >= 15 is 0 Å². The van der Waals surface area contributed by atoms with Crippen molar-refractivity contribution in [1.82, 2.24) is 10.3 Å². The smallest absolute Gasteiger partial charge is 0.253 e. The third-order valence-corrected chi connectivity index (χ3v) is 4.23. The molecule has 2 N–H and O–H groups in total. The standard InChI is InChI=1S/C18H24N2O3/c1-5-11(2)17(21)10-19-18(22)15-8-13-6-7-14(23-4)9-16(13)20-12(15)3/h6-9,11,17,21H,5,10H2,1-4H3,(H,19,22). The van der Waals surface area contributed by atoms with Crippen molar-refractivity contribution in [3.63, 3.8) is 0 Å². The second-order valence-electron chi connectivity index (χ2n) is 5.84. The van der Waals surface area contributed by atoms with Crippen molar-refractivity contribution >= 4 is 16.8 Å². The Bertz CT molecular complexity index is 700. The summed E-state index contributed by atoms with van der Waals surface area (Å²) in [7, 11) is 1.61. The Hall–Kier alpha value is -2.14. The number of hydrogen-bond donors (Lipinski definition) is 2. The van der Waals surface area contributed by atoms with Gasteiger partial charge in [-0.15, -0.1) is 0 Å². The first kappa shape index (κ1) is 17.2. The van der Waals surface area contributed by atoms with E-state index in [1.165, 1.54) is 0 Å². The van der Waals surface area contributed by atoms with Crippen molar-refractivity contribution < 1.29 is 14.6 Å². The number of carbonyl (C=O) groups is 1. The van der Waals surface area contributed by atoms with Crippen molar-refractivity contribution in [2.24, 2.45) is 5.92 Å². The van der Waals surface area contributed by atoms with Crippen molar-refractivity contribution in [1.29, 1.82) is 0 Å². The predicted octanol–water partition coefficient (Wildman–Crippen LogP) is 2.69. The molecule has 0 fully saturated rings. The van der Waals surface area contributed by atoms with E-state index in [2.05, 4.69) is 10.3 Å². The van der Waals surface area contributed by atoms with E-state index in [-0.39, 0.29) is 18.4 Å². The highest BCUT2D eigenvalue weighted by molar-refractivity contribution is 5.98. The van der Waals surface area contributed by atoms with E-state index in [1.807, 2.05) is 38.1 Å². The summed E-state index contributed by atoms with van der Waals surface area (Å²) in [5.74, 6) is 0.673. The Morgan fingerprint density at radius 1 is 1.39 bits per heavy atom. The first-order valence-electron chi connectivity index (χ1n) is 7.88. The molecule has 0 saturated heterocycles. The van der Waals surface area contributed by atoms with Crippen molar-refractivity contribution in [2.75, 3.05) is 13.7 Å². The third-order valence-electron chi connectivity index (χ3n) is 4.23. The van der Waals surface area contributed by atoms with Gasteiger partial charge in [-0.25, -0.2) is 0 Å². The molecule has 1 aromatic heterocycles. The molecular formula is C18H24N2O3. The van der Waals surface area contributed by atoms with Crippen molar-refractivity contribution in [3.8, 4) is 5.75 Å².